The number of esters is 1. The average molecular weight is 418 g/mol. The fourth-order valence-electron chi connectivity index (χ4n) is 3.70. The van der Waals surface area contributed by atoms with Crippen molar-refractivity contribution < 1.29 is 23.8 Å². The molecule has 1 fully saturated rings. The number of likely N-dealkylation sites (N-methyl/N-ethyl adjacent to an activating group) is 1. The molecule has 2 amide bonds. The SMILES string of the molecule is CCOC(=O)C1=C(CN2CCN(C)CC2)NC(=O)N[C@H]1c1ccc(OC)c(OC)c1. The second-order valence-electron chi connectivity index (χ2n) is 7.34. The standard InChI is InChI=1S/C21H30N4O5/c1-5-30-20(26)18-15(13-25-10-8-24(2)9-11-25)22-21(27)23-19(18)14-6-7-16(28-3)17(12-14)29-4/h6-7,12,19H,5,8-11,13H2,1-4H3,(H2,22,23,27)/t19-/m0/s1. The van der Waals surface area contributed by atoms with Crippen molar-refractivity contribution in [1.29, 1.82) is 0 Å². The van der Waals surface area contributed by atoms with Gasteiger partial charge in [0.1, 0.15) is 0 Å². The molecule has 30 heavy (non-hydrogen) atoms. The summed E-state index contributed by atoms with van der Waals surface area (Å²) in [4.78, 5) is 29.9. The number of nitrogens with one attached hydrogen (secondary N) is 2. The topological polar surface area (TPSA) is 92.4 Å². The van der Waals surface area contributed by atoms with Gasteiger partial charge in [-0.3, -0.25) is 4.90 Å². The van der Waals surface area contributed by atoms with Gasteiger partial charge in [-0.15, -0.1) is 0 Å². The Morgan fingerprint density at radius 1 is 1.13 bits per heavy atom. The van der Waals surface area contributed by atoms with E-state index in [4.69, 9.17) is 14.2 Å². The van der Waals surface area contributed by atoms with E-state index < -0.39 is 12.0 Å². The van der Waals surface area contributed by atoms with Gasteiger partial charge in [0.15, 0.2) is 11.5 Å². The minimum Gasteiger partial charge on any atom is -0.493 e. The van der Waals surface area contributed by atoms with Gasteiger partial charge in [0, 0.05) is 38.4 Å². The lowest BCUT2D eigenvalue weighted by molar-refractivity contribution is -0.139. The molecular weight excluding hydrogens is 388 g/mol. The van der Waals surface area contributed by atoms with Crippen molar-refractivity contribution in [2.45, 2.75) is 13.0 Å². The van der Waals surface area contributed by atoms with Crippen molar-refractivity contribution in [3.8, 4) is 11.5 Å². The van der Waals surface area contributed by atoms with E-state index in [1.165, 1.54) is 0 Å². The molecule has 1 saturated heterocycles. The van der Waals surface area contributed by atoms with E-state index in [1.807, 2.05) is 6.07 Å². The second kappa shape index (κ2) is 9.82. The smallest absolute Gasteiger partial charge is 0.338 e. The molecule has 2 heterocycles. The number of rotatable bonds is 7. The molecule has 3 rings (SSSR count). The Bertz CT molecular complexity index is 818. The van der Waals surface area contributed by atoms with E-state index in [0.717, 1.165) is 26.2 Å². The van der Waals surface area contributed by atoms with E-state index >= 15 is 0 Å². The van der Waals surface area contributed by atoms with Crippen molar-refractivity contribution >= 4 is 12.0 Å². The molecule has 0 unspecified atom stereocenters. The molecule has 0 aliphatic carbocycles. The number of amides is 2. The summed E-state index contributed by atoms with van der Waals surface area (Å²) in [5.41, 5.74) is 1.69. The highest BCUT2D eigenvalue weighted by Crippen LogP contribution is 2.34. The van der Waals surface area contributed by atoms with Gasteiger partial charge in [-0.25, -0.2) is 9.59 Å². The first-order chi connectivity index (χ1) is 14.5. The zero-order valence-corrected chi connectivity index (χ0v) is 18.0. The number of carbonyl (C=O) groups is 2. The molecule has 2 aliphatic heterocycles. The van der Waals surface area contributed by atoms with Crippen molar-refractivity contribution in [3.63, 3.8) is 0 Å². The van der Waals surface area contributed by atoms with E-state index in [2.05, 4.69) is 27.5 Å². The summed E-state index contributed by atoms with van der Waals surface area (Å²) < 4.78 is 16.0. The summed E-state index contributed by atoms with van der Waals surface area (Å²) >= 11 is 0. The van der Waals surface area contributed by atoms with Crippen molar-refractivity contribution in [2.24, 2.45) is 0 Å². The van der Waals surface area contributed by atoms with Crippen LogP contribution in [0.1, 0.15) is 18.5 Å². The van der Waals surface area contributed by atoms with Crippen molar-refractivity contribution in [2.75, 3.05) is 60.6 Å². The number of ether oxygens (including phenoxy) is 3. The van der Waals surface area contributed by atoms with Crippen LogP contribution in [0.15, 0.2) is 29.5 Å². The van der Waals surface area contributed by atoms with Crippen molar-refractivity contribution in [3.05, 3.63) is 35.0 Å². The molecule has 2 aliphatic rings. The molecular formula is C21H30N4O5. The van der Waals surface area contributed by atoms with Gasteiger partial charge in [-0.2, -0.15) is 0 Å². The molecule has 9 nitrogen and oxygen atoms in total. The quantitative estimate of drug-likeness (QED) is 0.641. The van der Waals surface area contributed by atoms with E-state index in [0.29, 0.717) is 34.9 Å². The number of carbonyl (C=O) groups excluding carboxylic acids is 2. The molecule has 0 bridgehead atoms. The van der Waals surface area contributed by atoms with Crippen LogP contribution in [0.5, 0.6) is 11.5 Å². The number of hydrogen-bond acceptors (Lipinski definition) is 7. The zero-order chi connectivity index (χ0) is 21.7. The average Bonchev–Trinajstić information content (AvgIpc) is 2.74. The fourth-order valence-corrected chi connectivity index (χ4v) is 3.70. The first-order valence-corrected chi connectivity index (χ1v) is 10.1. The highest BCUT2D eigenvalue weighted by atomic mass is 16.5. The predicted molar refractivity (Wildman–Crippen MR) is 112 cm³/mol. The number of nitrogens with zero attached hydrogens (tertiary/aromatic N) is 2. The number of benzene rings is 1. The van der Waals surface area contributed by atoms with Crippen LogP contribution in [0.2, 0.25) is 0 Å². The highest BCUT2D eigenvalue weighted by molar-refractivity contribution is 5.95. The Hall–Kier alpha value is -2.78. The molecule has 0 spiro atoms. The molecule has 9 heteroatoms. The summed E-state index contributed by atoms with van der Waals surface area (Å²) in [7, 11) is 5.19. The Labute approximate surface area is 176 Å². The number of hydrogen-bond donors (Lipinski definition) is 2. The summed E-state index contributed by atoms with van der Waals surface area (Å²) in [6.45, 7) is 6.08. The third kappa shape index (κ3) is 4.85. The van der Waals surface area contributed by atoms with Gasteiger partial charge >= 0.3 is 12.0 Å². The second-order valence-corrected chi connectivity index (χ2v) is 7.34. The normalized spacial score (nSPS) is 20.4. The van der Waals surface area contributed by atoms with Crippen LogP contribution < -0.4 is 20.1 Å². The molecule has 0 radical (unpaired) electrons. The van der Waals surface area contributed by atoms with Gasteiger partial charge in [-0.05, 0) is 31.7 Å². The number of piperazine rings is 1. The lowest BCUT2D eigenvalue weighted by atomic mass is 9.94. The van der Waals surface area contributed by atoms with E-state index in [1.54, 1.807) is 33.3 Å². The first kappa shape index (κ1) is 21.9. The third-order valence-corrected chi connectivity index (χ3v) is 5.37. The summed E-state index contributed by atoms with van der Waals surface area (Å²) in [6.07, 6.45) is 0. The van der Waals surface area contributed by atoms with Crippen LogP contribution in [0, 0.1) is 0 Å². The maximum atomic E-state index is 12.9. The number of methoxy groups -OCH3 is 2. The Kier molecular flexibility index (Phi) is 7.17. The van der Waals surface area contributed by atoms with Crippen LogP contribution in [-0.2, 0) is 9.53 Å². The van der Waals surface area contributed by atoms with Gasteiger partial charge < -0.3 is 29.7 Å². The van der Waals surface area contributed by atoms with Gasteiger partial charge in [0.2, 0.25) is 0 Å². The van der Waals surface area contributed by atoms with Crippen LogP contribution >= 0.6 is 0 Å². The maximum Gasteiger partial charge on any atom is 0.338 e. The molecule has 164 valence electrons. The number of urea groups is 1. The third-order valence-electron chi connectivity index (χ3n) is 5.37. The lowest BCUT2D eigenvalue weighted by Crippen LogP contribution is -2.51. The van der Waals surface area contributed by atoms with Crippen LogP contribution in [0.4, 0.5) is 4.79 Å². The Morgan fingerprint density at radius 3 is 2.47 bits per heavy atom. The highest BCUT2D eigenvalue weighted by Gasteiger charge is 2.35. The monoisotopic (exact) mass is 418 g/mol. The maximum absolute atomic E-state index is 12.9. The van der Waals surface area contributed by atoms with E-state index in [-0.39, 0.29) is 12.6 Å². The Morgan fingerprint density at radius 2 is 1.83 bits per heavy atom. The van der Waals surface area contributed by atoms with Crippen molar-refractivity contribution in [1.82, 2.24) is 20.4 Å². The lowest BCUT2D eigenvalue weighted by Gasteiger charge is -2.35. The molecule has 2 N–H and O–H groups in total. The first-order valence-electron chi connectivity index (χ1n) is 10.1. The van der Waals surface area contributed by atoms with Crippen LogP contribution in [-0.4, -0.2) is 82.4 Å². The van der Waals surface area contributed by atoms with Crippen LogP contribution in [0.3, 0.4) is 0 Å². The van der Waals surface area contributed by atoms with Gasteiger partial charge in [0.25, 0.3) is 0 Å². The summed E-state index contributed by atoms with van der Waals surface area (Å²) in [5, 5.41) is 5.69. The van der Waals surface area contributed by atoms with Gasteiger partial charge in [-0.1, -0.05) is 6.07 Å². The van der Waals surface area contributed by atoms with Gasteiger partial charge in [0.05, 0.1) is 32.4 Å². The molecule has 1 aromatic carbocycles. The largest absolute Gasteiger partial charge is 0.493 e. The van der Waals surface area contributed by atoms with E-state index in [9.17, 15) is 9.59 Å². The summed E-state index contributed by atoms with van der Waals surface area (Å²) in [6, 6.07) is 4.32. The fraction of sp³-hybridized carbons (Fsp3) is 0.524. The molecule has 1 atom stereocenters. The molecule has 1 aromatic rings. The minimum atomic E-state index is -0.653. The Balaban J connectivity index is 1.99. The predicted octanol–water partition coefficient (Wildman–Crippen LogP) is 1.12. The zero-order valence-electron chi connectivity index (χ0n) is 18.0. The molecule has 0 aromatic heterocycles. The molecule has 0 saturated carbocycles. The van der Waals surface area contributed by atoms with Crippen LogP contribution in [0.25, 0.3) is 0 Å². The summed E-state index contributed by atoms with van der Waals surface area (Å²) in [5.74, 6) is 0.640. The minimum absolute atomic E-state index is 0.247.